The van der Waals surface area contributed by atoms with Crippen LogP contribution in [-0.2, 0) is 11.0 Å². The Morgan fingerprint density at radius 1 is 1.26 bits per heavy atom. The second-order valence-corrected chi connectivity index (χ2v) is 3.71. The van der Waals surface area contributed by atoms with Gasteiger partial charge in [-0.1, -0.05) is 12.1 Å². The second-order valence-electron chi connectivity index (χ2n) is 3.71. The highest BCUT2D eigenvalue weighted by atomic mass is 19.4. The third kappa shape index (κ3) is 2.72. The van der Waals surface area contributed by atoms with Crippen molar-refractivity contribution in [3.8, 4) is 0 Å². The van der Waals surface area contributed by atoms with Gasteiger partial charge in [0.1, 0.15) is 6.04 Å². The quantitative estimate of drug-likeness (QED) is 0.735. The van der Waals surface area contributed by atoms with Gasteiger partial charge in [0, 0.05) is 5.18 Å². The average Bonchev–Trinajstić information content (AvgIpc) is 2.38. The molecule has 98 valence electrons. The zero-order valence-corrected chi connectivity index (χ0v) is 9.26. The summed E-state index contributed by atoms with van der Waals surface area (Å²) < 4.78 is 37.7. The number of Topliss-reactive ketones (excluding diaryl/α,β-unsaturated/α-hetero) is 1. The molecule has 1 aliphatic heterocycles. The molecule has 1 aliphatic rings. The van der Waals surface area contributed by atoms with E-state index in [9.17, 15) is 22.9 Å². The fraction of sp³-hybridized carbons (Fsp3) is 0.182. The number of rotatable bonds is 1. The zero-order valence-electron chi connectivity index (χ0n) is 9.26. The lowest BCUT2D eigenvalue weighted by atomic mass is 10.0. The summed E-state index contributed by atoms with van der Waals surface area (Å²) in [4.78, 5) is 28.8. The summed E-state index contributed by atoms with van der Waals surface area (Å²) in [5.41, 5.74) is -0.858. The van der Waals surface area contributed by atoms with Crippen LogP contribution in [0.2, 0.25) is 0 Å². The van der Waals surface area contributed by atoms with Crippen LogP contribution in [0.25, 0.3) is 0 Å². The minimum Gasteiger partial charge on any atom is -0.290 e. The number of nitrogens with zero attached hydrogens (tertiary/aromatic N) is 3. The van der Waals surface area contributed by atoms with Crippen LogP contribution < -0.4 is 0 Å². The van der Waals surface area contributed by atoms with Gasteiger partial charge < -0.3 is 0 Å². The van der Waals surface area contributed by atoms with Gasteiger partial charge in [0.05, 0.1) is 11.8 Å². The molecule has 1 aromatic rings. The maximum atomic E-state index is 12.6. The van der Waals surface area contributed by atoms with Crippen LogP contribution in [-0.4, -0.2) is 18.0 Å². The van der Waals surface area contributed by atoms with Crippen LogP contribution in [0.4, 0.5) is 13.2 Å². The maximum Gasteiger partial charge on any atom is 0.416 e. The average molecular weight is 269 g/mol. The highest BCUT2D eigenvalue weighted by molar-refractivity contribution is 6.33. The minimum atomic E-state index is -4.52. The van der Waals surface area contributed by atoms with E-state index in [0.29, 0.717) is 0 Å². The van der Waals surface area contributed by atoms with Gasteiger partial charge in [0.2, 0.25) is 5.78 Å². The van der Waals surface area contributed by atoms with Gasteiger partial charge in [-0.3, -0.25) is 4.79 Å². The van der Waals surface area contributed by atoms with Crippen molar-refractivity contribution in [2.75, 3.05) is 0 Å². The van der Waals surface area contributed by atoms with Crippen molar-refractivity contribution in [2.45, 2.75) is 12.2 Å². The Balaban J connectivity index is 2.42. The van der Waals surface area contributed by atoms with E-state index in [1.54, 1.807) is 0 Å². The van der Waals surface area contributed by atoms with Crippen molar-refractivity contribution < 1.29 is 18.0 Å². The van der Waals surface area contributed by atoms with E-state index >= 15 is 0 Å². The van der Waals surface area contributed by atoms with Crippen LogP contribution in [0.1, 0.15) is 17.2 Å². The van der Waals surface area contributed by atoms with Crippen molar-refractivity contribution in [2.24, 2.45) is 15.2 Å². The number of guanidine groups is 1. The molecule has 0 saturated carbocycles. The predicted molar refractivity (Wildman–Crippen MR) is 60.9 cm³/mol. The molecule has 0 aliphatic carbocycles. The number of nitroso groups, excluding NO2 is 1. The van der Waals surface area contributed by atoms with Gasteiger partial charge >= 0.3 is 6.18 Å². The monoisotopic (exact) mass is 269 g/mol. The molecule has 0 N–H and O–H groups in total. The van der Waals surface area contributed by atoms with E-state index < -0.39 is 29.5 Å². The maximum absolute atomic E-state index is 12.6. The first-order chi connectivity index (χ1) is 8.91. The van der Waals surface area contributed by atoms with Crippen LogP contribution in [0, 0.1) is 4.91 Å². The molecule has 0 radical (unpaired) electrons. The molecule has 8 heteroatoms. The van der Waals surface area contributed by atoms with E-state index in [0.717, 1.165) is 18.3 Å². The summed E-state index contributed by atoms with van der Waals surface area (Å²) in [7, 11) is 0. The van der Waals surface area contributed by atoms with Crippen molar-refractivity contribution in [3.63, 3.8) is 0 Å². The van der Waals surface area contributed by atoms with Gasteiger partial charge in [0.25, 0.3) is 5.96 Å². The van der Waals surface area contributed by atoms with Crippen molar-refractivity contribution >= 4 is 18.0 Å². The zero-order chi connectivity index (χ0) is 14.0. The summed E-state index contributed by atoms with van der Waals surface area (Å²) in [5.74, 6) is -1.08. The molecule has 5 nitrogen and oxygen atoms in total. The lowest BCUT2D eigenvalue weighted by molar-refractivity contribution is -0.137. The number of alkyl halides is 3. The van der Waals surface area contributed by atoms with Crippen LogP contribution in [0.5, 0.6) is 0 Å². The molecule has 0 aromatic heterocycles. The Labute approximate surface area is 104 Å². The molecule has 1 aromatic carbocycles. The van der Waals surface area contributed by atoms with Crippen LogP contribution >= 0.6 is 0 Å². The smallest absolute Gasteiger partial charge is 0.290 e. The molecule has 0 spiro atoms. The number of aliphatic imine (C=N–C) groups is 2. The van der Waals surface area contributed by atoms with Gasteiger partial charge in [0.15, 0.2) is 0 Å². The first kappa shape index (κ1) is 13.1. The normalized spacial score (nSPS) is 19.2. The van der Waals surface area contributed by atoms with Crippen LogP contribution in [0.15, 0.2) is 39.4 Å². The lowest BCUT2D eigenvalue weighted by Crippen LogP contribution is -2.18. The highest BCUT2D eigenvalue weighted by Crippen LogP contribution is 2.32. The van der Waals surface area contributed by atoms with Gasteiger partial charge in [-0.05, 0) is 17.7 Å². The molecule has 19 heavy (non-hydrogen) atoms. The standard InChI is InChI=1S/C11H6F3N3O2/c12-11(13,14)7-3-1-2-6(4-7)9-8(18)5-15-10(16-9)17-19/h1-5,9H. The molecular weight excluding hydrogens is 263 g/mol. The van der Waals surface area contributed by atoms with E-state index in [1.807, 2.05) is 0 Å². The summed E-state index contributed by atoms with van der Waals surface area (Å²) in [6.45, 7) is 0. The van der Waals surface area contributed by atoms with Gasteiger partial charge in [-0.2, -0.15) is 13.2 Å². The Kier molecular flexibility index (Phi) is 3.24. The summed E-state index contributed by atoms with van der Waals surface area (Å²) in [6.07, 6.45) is -3.69. The number of benzene rings is 1. The van der Waals surface area contributed by atoms with Crippen molar-refractivity contribution in [1.82, 2.24) is 0 Å². The molecule has 0 saturated heterocycles. The minimum absolute atomic E-state index is 0.0344. The number of halogens is 3. The van der Waals surface area contributed by atoms with E-state index in [1.165, 1.54) is 12.1 Å². The second kappa shape index (κ2) is 4.71. The lowest BCUT2D eigenvalue weighted by Gasteiger charge is -2.14. The summed E-state index contributed by atoms with van der Waals surface area (Å²) in [6, 6.07) is 2.97. The third-order valence-electron chi connectivity index (χ3n) is 2.43. The van der Waals surface area contributed by atoms with Crippen molar-refractivity contribution in [1.29, 1.82) is 0 Å². The fourth-order valence-electron chi connectivity index (χ4n) is 1.58. The number of ketones is 1. The SMILES string of the molecule is O=NC1=NC(c2cccc(C(F)(F)F)c2)C(=O)C=N1. The molecule has 1 unspecified atom stereocenters. The van der Waals surface area contributed by atoms with Crippen LogP contribution in [0.3, 0.4) is 0 Å². The van der Waals surface area contributed by atoms with E-state index in [4.69, 9.17) is 0 Å². The number of hydrogen-bond acceptors (Lipinski definition) is 5. The molecule has 0 amide bonds. The third-order valence-corrected chi connectivity index (χ3v) is 2.43. The Morgan fingerprint density at radius 2 is 2.00 bits per heavy atom. The first-order valence-corrected chi connectivity index (χ1v) is 5.08. The van der Waals surface area contributed by atoms with Gasteiger partial charge in [-0.15, -0.1) is 4.91 Å². The largest absolute Gasteiger partial charge is 0.416 e. The van der Waals surface area contributed by atoms with Gasteiger partial charge in [-0.25, -0.2) is 9.98 Å². The Morgan fingerprint density at radius 3 is 2.63 bits per heavy atom. The van der Waals surface area contributed by atoms with E-state index in [-0.39, 0.29) is 5.56 Å². The molecule has 1 atom stereocenters. The Bertz CT molecular complexity index is 593. The summed E-state index contributed by atoms with van der Waals surface area (Å²) >= 11 is 0. The predicted octanol–water partition coefficient (Wildman–Crippen LogP) is 2.52. The molecular formula is C11H6F3N3O2. The topological polar surface area (TPSA) is 71.2 Å². The molecule has 0 fully saturated rings. The van der Waals surface area contributed by atoms with Crippen molar-refractivity contribution in [3.05, 3.63) is 40.3 Å². The highest BCUT2D eigenvalue weighted by Gasteiger charge is 2.32. The number of hydrogen-bond donors (Lipinski definition) is 0. The summed E-state index contributed by atoms with van der Waals surface area (Å²) in [5, 5.41) is 2.46. The number of carbonyl (C=O) groups excluding carboxylic acids is 1. The number of carbonyl (C=O) groups is 1. The Hall–Kier alpha value is -2.38. The molecule has 0 bridgehead atoms. The van der Waals surface area contributed by atoms with E-state index in [2.05, 4.69) is 15.2 Å². The fourth-order valence-corrected chi connectivity index (χ4v) is 1.58. The molecule has 1 heterocycles. The first-order valence-electron chi connectivity index (χ1n) is 5.08. The molecule has 2 rings (SSSR count).